The molecule has 0 N–H and O–H groups in total. The minimum Gasteiger partial charge on any atom is -0.493 e. The number of nitrogens with zero attached hydrogens (tertiary/aromatic N) is 5. The van der Waals surface area contributed by atoms with Gasteiger partial charge in [0, 0.05) is 38.9 Å². The van der Waals surface area contributed by atoms with Gasteiger partial charge in [-0.25, -0.2) is 4.98 Å². The summed E-state index contributed by atoms with van der Waals surface area (Å²) >= 11 is 0. The number of aryl methyl sites for hydroxylation is 1. The van der Waals surface area contributed by atoms with Gasteiger partial charge in [0.2, 0.25) is 0 Å². The van der Waals surface area contributed by atoms with Gasteiger partial charge in [0.1, 0.15) is 11.5 Å². The van der Waals surface area contributed by atoms with Gasteiger partial charge < -0.3 is 24.2 Å². The van der Waals surface area contributed by atoms with Crippen molar-refractivity contribution in [1.82, 2.24) is 19.2 Å². The highest BCUT2D eigenvalue weighted by molar-refractivity contribution is 5.94. The largest absolute Gasteiger partial charge is 0.493 e. The second kappa shape index (κ2) is 11.9. The first-order valence-corrected chi connectivity index (χ1v) is 12.3. The minimum atomic E-state index is 0.0388. The molecule has 3 rings (SSSR count). The SMILES string of the molecule is CCc1nc2ccc(C(=O)N(CC)CCN(C)C)cn2c1N(CC)Cc1ccc(OC)c(OC)c1. The highest BCUT2D eigenvalue weighted by Gasteiger charge is 2.21. The summed E-state index contributed by atoms with van der Waals surface area (Å²) in [5, 5.41) is 0. The quantitative estimate of drug-likeness (QED) is 0.390. The molecule has 0 atom stereocenters. The van der Waals surface area contributed by atoms with Crippen molar-refractivity contribution in [3.05, 3.63) is 53.3 Å². The van der Waals surface area contributed by atoms with Crippen LogP contribution in [0.5, 0.6) is 11.5 Å². The zero-order valence-electron chi connectivity index (χ0n) is 22.2. The Hall–Kier alpha value is -3.26. The van der Waals surface area contributed by atoms with E-state index in [0.29, 0.717) is 36.7 Å². The number of benzene rings is 1. The van der Waals surface area contributed by atoms with E-state index >= 15 is 0 Å². The molecule has 8 heteroatoms. The standard InChI is InChI=1S/C27H39N5O3/c1-8-22-26(31(10-3)18-20-11-13-23(34-6)24(17-20)35-7)32-19-21(12-14-25(32)28-22)27(33)30(9-2)16-15-29(4)5/h11-14,17,19H,8-10,15-16,18H2,1-7H3. The predicted molar refractivity (Wildman–Crippen MR) is 141 cm³/mol. The number of hydrogen-bond donors (Lipinski definition) is 0. The summed E-state index contributed by atoms with van der Waals surface area (Å²) in [6, 6.07) is 9.82. The van der Waals surface area contributed by atoms with Gasteiger partial charge in [-0.15, -0.1) is 0 Å². The molecule has 1 aromatic carbocycles. The number of carbonyl (C=O) groups is 1. The highest BCUT2D eigenvalue weighted by Crippen LogP contribution is 2.30. The summed E-state index contributed by atoms with van der Waals surface area (Å²) in [5.74, 6) is 2.48. The molecule has 0 saturated heterocycles. The molecule has 190 valence electrons. The van der Waals surface area contributed by atoms with Crippen molar-refractivity contribution in [2.24, 2.45) is 0 Å². The number of aromatic nitrogens is 2. The molecule has 8 nitrogen and oxygen atoms in total. The molecular formula is C27H39N5O3. The lowest BCUT2D eigenvalue weighted by atomic mass is 10.1. The first-order chi connectivity index (χ1) is 16.9. The molecule has 0 unspecified atom stereocenters. The third-order valence-corrected chi connectivity index (χ3v) is 6.23. The summed E-state index contributed by atoms with van der Waals surface area (Å²) in [5.41, 5.74) is 3.63. The number of anilines is 1. The Labute approximate surface area is 209 Å². The molecule has 2 aromatic heterocycles. The van der Waals surface area contributed by atoms with E-state index in [2.05, 4.69) is 34.1 Å². The van der Waals surface area contributed by atoms with Crippen LogP contribution in [0.3, 0.4) is 0 Å². The maximum atomic E-state index is 13.3. The van der Waals surface area contributed by atoms with Crippen LogP contribution in [0.2, 0.25) is 0 Å². The average molecular weight is 482 g/mol. The maximum Gasteiger partial charge on any atom is 0.255 e. The van der Waals surface area contributed by atoms with Crippen LogP contribution < -0.4 is 14.4 Å². The van der Waals surface area contributed by atoms with Crippen LogP contribution in [-0.2, 0) is 13.0 Å². The number of likely N-dealkylation sites (N-methyl/N-ethyl adjacent to an activating group) is 2. The zero-order valence-corrected chi connectivity index (χ0v) is 22.2. The fourth-order valence-corrected chi connectivity index (χ4v) is 4.22. The molecule has 3 aromatic rings. The average Bonchev–Trinajstić information content (AvgIpc) is 3.24. The predicted octanol–water partition coefficient (Wildman–Crippen LogP) is 3.96. The normalized spacial score (nSPS) is 11.2. The first-order valence-electron chi connectivity index (χ1n) is 12.3. The van der Waals surface area contributed by atoms with E-state index < -0.39 is 0 Å². The van der Waals surface area contributed by atoms with E-state index in [1.165, 1.54) is 0 Å². The second-order valence-electron chi connectivity index (χ2n) is 8.77. The number of hydrogen-bond acceptors (Lipinski definition) is 6. The Morgan fingerprint density at radius 3 is 2.31 bits per heavy atom. The van der Waals surface area contributed by atoms with Crippen LogP contribution in [0.15, 0.2) is 36.5 Å². The molecule has 1 amide bonds. The summed E-state index contributed by atoms with van der Waals surface area (Å²) in [6.45, 7) is 9.92. The van der Waals surface area contributed by atoms with Crippen molar-refractivity contribution >= 4 is 17.4 Å². The Balaban J connectivity index is 1.99. The molecule has 0 aliphatic heterocycles. The molecule has 0 spiro atoms. The van der Waals surface area contributed by atoms with Crippen molar-refractivity contribution in [2.45, 2.75) is 33.7 Å². The number of carbonyl (C=O) groups excluding carboxylic acids is 1. The van der Waals surface area contributed by atoms with Gasteiger partial charge in [-0.2, -0.15) is 0 Å². The van der Waals surface area contributed by atoms with Crippen LogP contribution in [0.4, 0.5) is 5.82 Å². The summed E-state index contributed by atoms with van der Waals surface area (Å²) < 4.78 is 13.0. The second-order valence-corrected chi connectivity index (χ2v) is 8.77. The minimum absolute atomic E-state index is 0.0388. The lowest BCUT2D eigenvalue weighted by Crippen LogP contribution is -2.36. The lowest BCUT2D eigenvalue weighted by molar-refractivity contribution is 0.0753. The van der Waals surface area contributed by atoms with Crippen LogP contribution in [0.25, 0.3) is 5.65 Å². The number of pyridine rings is 1. The van der Waals surface area contributed by atoms with Gasteiger partial charge in [-0.1, -0.05) is 13.0 Å². The van der Waals surface area contributed by atoms with Crippen molar-refractivity contribution in [1.29, 1.82) is 0 Å². The van der Waals surface area contributed by atoms with Crippen molar-refractivity contribution in [3.63, 3.8) is 0 Å². The maximum absolute atomic E-state index is 13.3. The summed E-state index contributed by atoms with van der Waals surface area (Å²) in [7, 11) is 7.33. The van der Waals surface area contributed by atoms with Crippen molar-refractivity contribution < 1.29 is 14.3 Å². The molecule has 0 aliphatic rings. The molecule has 2 heterocycles. The highest BCUT2D eigenvalue weighted by atomic mass is 16.5. The van der Waals surface area contributed by atoms with Crippen molar-refractivity contribution in [3.8, 4) is 11.5 Å². The van der Waals surface area contributed by atoms with E-state index in [4.69, 9.17) is 14.5 Å². The number of ether oxygens (including phenoxy) is 2. The topological polar surface area (TPSA) is 62.6 Å². The van der Waals surface area contributed by atoms with Gasteiger partial charge >= 0.3 is 0 Å². The van der Waals surface area contributed by atoms with Gasteiger partial charge in [-0.3, -0.25) is 9.20 Å². The number of fused-ring (bicyclic) bond motifs is 1. The van der Waals surface area contributed by atoms with E-state index in [0.717, 1.165) is 42.2 Å². The fraction of sp³-hybridized carbons (Fsp3) is 0.481. The van der Waals surface area contributed by atoms with Crippen LogP contribution in [-0.4, -0.2) is 79.6 Å². The third kappa shape index (κ3) is 5.88. The Morgan fingerprint density at radius 2 is 1.71 bits per heavy atom. The Morgan fingerprint density at radius 1 is 0.971 bits per heavy atom. The van der Waals surface area contributed by atoms with Gasteiger partial charge in [0.05, 0.1) is 25.5 Å². The Bertz CT molecular complexity index is 1140. The van der Waals surface area contributed by atoms with E-state index in [9.17, 15) is 4.79 Å². The summed E-state index contributed by atoms with van der Waals surface area (Å²) in [4.78, 5) is 24.5. The third-order valence-electron chi connectivity index (χ3n) is 6.23. The first kappa shape index (κ1) is 26.3. The Kier molecular flexibility index (Phi) is 8.98. The zero-order chi connectivity index (χ0) is 25.5. The molecule has 0 saturated carbocycles. The summed E-state index contributed by atoms with van der Waals surface area (Å²) in [6.07, 6.45) is 2.74. The monoisotopic (exact) mass is 481 g/mol. The number of amides is 1. The molecule has 0 aliphatic carbocycles. The number of imidazole rings is 1. The molecule has 0 fully saturated rings. The van der Waals surface area contributed by atoms with Gasteiger partial charge in [0.15, 0.2) is 11.5 Å². The van der Waals surface area contributed by atoms with E-state index in [1.54, 1.807) is 14.2 Å². The molecule has 35 heavy (non-hydrogen) atoms. The number of methoxy groups -OCH3 is 2. The van der Waals surface area contributed by atoms with Crippen LogP contribution in [0, 0.1) is 0 Å². The van der Waals surface area contributed by atoms with Crippen LogP contribution in [0.1, 0.15) is 42.4 Å². The number of rotatable bonds is 12. The van der Waals surface area contributed by atoms with Crippen molar-refractivity contribution in [2.75, 3.05) is 59.4 Å². The molecular weight excluding hydrogens is 442 g/mol. The van der Waals surface area contributed by atoms with Gasteiger partial charge in [0.25, 0.3) is 5.91 Å². The van der Waals surface area contributed by atoms with Gasteiger partial charge in [-0.05, 0) is 64.2 Å². The fourth-order valence-electron chi connectivity index (χ4n) is 4.22. The molecule has 0 radical (unpaired) electrons. The lowest BCUT2D eigenvalue weighted by Gasteiger charge is -2.25. The molecule has 0 bridgehead atoms. The van der Waals surface area contributed by atoms with Crippen LogP contribution >= 0.6 is 0 Å². The van der Waals surface area contributed by atoms with E-state index in [1.807, 2.05) is 56.4 Å². The van der Waals surface area contributed by atoms with E-state index in [-0.39, 0.29) is 5.91 Å². The smallest absolute Gasteiger partial charge is 0.255 e.